The predicted molar refractivity (Wildman–Crippen MR) is 147 cm³/mol. The number of benzene rings is 1. The topological polar surface area (TPSA) is 135 Å². The van der Waals surface area contributed by atoms with Crippen LogP contribution in [-0.4, -0.2) is 62.3 Å². The molecular formula is C22H22ClIN4O6S3. The third kappa shape index (κ3) is 5.20. The van der Waals surface area contributed by atoms with E-state index in [9.17, 15) is 21.6 Å². The van der Waals surface area contributed by atoms with Crippen LogP contribution >= 0.6 is 45.5 Å². The van der Waals surface area contributed by atoms with Gasteiger partial charge in [-0.3, -0.25) is 0 Å². The Labute approximate surface area is 237 Å². The molecule has 3 aliphatic rings. The van der Waals surface area contributed by atoms with Crippen molar-refractivity contribution in [2.75, 3.05) is 13.2 Å². The van der Waals surface area contributed by atoms with E-state index in [4.69, 9.17) is 16.3 Å². The van der Waals surface area contributed by atoms with Crippen molar-refractivity contribution >= 4 is 76.5 Å². The first kappa shape index (κ1) is 27.0. The number of esters is 1. The zero-order chi connectivity index (χ0) is 26.5. The van der Waals surface area contributed by atoms with Crippen LogP contribution in [-0.2, 0) is 29.4 Å². The Morgan fingerprint density at radius 2 is 2.05 bits per heavy atom. The van der Waals surface area contributed by atoms with Crippen molar-refractivity contribution in [1.82, 2.24) is 14.6 Å². The van der Waals surface area contributed by atoms with Crippen molar-refractivity contribution < 1.29 is 26.4 Å². The molecule has 2 atom stereocenters. The first-order valence-electron chi connectivity index (χ1n) is 11.4. The molecule has 1 N–H and O–H groups in total. The monoisotopic (exact) mass is 696 g/mol. The number of fused-ring (bicyclic) bond motifs is 1. The molecule has 1 saturated heterocycles. The Bertz CT molecular complexity index is 1520. The van der Waals surface area contributed by atoms with E-state index in [-0.39, 0.29) is 34.7 Å². The molecule has 0 bridgehead atoms. The van der Waals surface area contributed by atoms with E-state index in [0.717, 1.165) is 14.9 Å². The number of aromatic nitrogens is 1. The van der Waals surface area contributed by atoms with Gasteiger partial charge in [0.1, 0.15) is 6.04 Å². The van der Waals surface area contributed by atoms with Crippen LogP contribution in [0.5, 0.6) is 0 Å². The second kappa shape index (κ2) is 10.2. The second-order valence-electron chi connectivity index (χ2n) is 8.74. The number of sulfonamides is 1. The van der Waals surface area contributed by atoms with Gasteiger partial charge in [0.25, 0.3) is 9.84 Å². The number of amidine groups is 1. The van der Waals surface area contributed by atoms with E-state index >= 15 is 0 Å². The maximum Gasteiger partial charge on any atom is 0.338 e. The molecule has 0 radical (unpaired) electrons. The molecule has 0 spiro atoms. The van der Waals surface area contributed by atoms with Crippen molar-refractivity contribution in [2.45, 2.75) is 47.9 Å². The number of thiazole rings is 1. The normalized spacial score (nSPS) is 22.1. The molecule has 10 nitrogen and oxygen atoms in total. The molecule has 0 amide bonds. The molecule has 2 aromatic rings. The van der Waals surface area contributed by atoms with Crippen LogP contribution in [0.2, 0.25) is 5.02 Å². The summed E-state index contributed by atoms with van der Waals surface area (Å²) in [5.74, 6) is -0.665. The van der Waals surface area contributed by atoms with Crippen LogP contribution in [0.3, 0.4) is 0 Å². The van der Waals surface area contributed by atoms with Gasteiger partial charge in [-0.1, -0.05) is 17.7 Å². The fraction of sp³-hybridized carbons (Fsp3) is 0.409. The van der Waals surface area contributed by atoms with Crippen LogP contribution in [0.1, 0.15) is 37.8 Å². The highest BCUT2D eigenvalue weighted by molar-refractivity contribution is 14.1. The number of hydrogen-bond donors (Lipinski definition) is 1. The lowest BCUT2D eigenvalue weighted by Crippen LogP contribution is -2.42. The lowest BCUT2D eigenvalue weighted by atomic mass is 9.95. The number of halogens is 2. The Morgan fingerprint density at radius 1 is 1.30 bits per heavy atom. The van der Waals surface area contributed by atoms with Crippen LogP contribution in [0, 0.1) is 3.57 Å². The summed E-state index contributed by atoms with van der Waals surface area (Å²) in [6, 6.07) is 3.45. The molecule has 15 heteroatoms. The van der Waals surface area contributed by atoms with Gasteiger partial charge in [0, 0.05) is 50.4 Å². The van der Waals surface area contributed by atoms with Crippen molar-refractivity contribution in [3.05, 3.63) is 55.2 Å². The Balaban J connectivity index is 1.67. The molecule has 0 unspecified atom stereocenters. The van der Waals surface area contributed by atoms with Crippen LogP contribution in [0.4, 0.5) is 0 Å². The highest BCUT2D eigenvalue weighted by Gasteiger charge is 2.47. The van der Waals surface area contributed by atoms with Crippen molar-refractivity contribution in [2.24, 2.45) is 4.99 Å². The highest BCUT2D eigenvalue weighted by atomic mass is 127. The summed E-state index contributed by atoms with van der Waals surface area (Å²) in [5.41, 5.74) is 0.911. The maximum atomic E-state index is 13.7. The molecule has 3 heterocycles. The van der Waals surface area contributed by atoms with E-state index in [1.165, 1.54) is 11.1 Å². The summed E-state index contributed by atoms with van der Waals surface area (Å²) in [7, 11) is -7.76. The van der Waals surface area contributed by atoms with Gasteiger partial charge < -0.3 is 9.64 Å². The Morgan fingerprint density at radius 3 is 2.68 bits per heavy atom. The van der Waals surface area contributed by atoms with Crippen LogP contribution in [0.15, 0.2) is 50.4 Å². The molecular weight excluding hydrogens is 675 g/mol. The molecule has 198 valence electrons. The maximum absolute atomic E-state index is 13.7. The minimum atomic E-state index is -4.19. The fourth-order valence-electron chi connectivity index (χ4n) is 4.40. The van der Waals surface area contributed by atoms with Gasteiger partial charge in [0.2, 0.25) is 19.5 Å². The summed E-state index contributed by atoms with van der Waals surface area (Å²) >= 11 is 9.60. The number of nitrogens with one attached hydrogen (secondary N) is 1. The fourth-order valence-corrected chi connectivity index (χ4v) is 9.26. The number of ether oxygens (including phenoxy) is 1. The number of sulfone groups is 1. The molecule has 1 aromatic heterocycles. The largest absolute Gasteiger partial charge is 0.463 e. The van der Waals surface area contributed by atoms with E-state index < -0.39 is 43.2 Å². The third-order valence-electron chi connectivity index (χ3n) is 6.15. The van der Waals surface area contributed by atoms with Gasteiger partial charge in [-0.15, -0.1) is 11.3 Å². The third-order valence-corrected chi connectivity index (χ3v) is 12.0. The molecule has 2 aliphatic heterocycles. The van der Waals surface area contributed by atoms with Crippen molar-refractivity contribution in [1.29, 1.82) is 0 Å². The predicted octanol–water partition coefficient (Wildman–Crippen LogP) is 3.26. The lowest BCUT2D eigenvalue weighted by Gasteiger charge is -2.31. The van der Waals surface area contributed by atoms with Crippen LogP contribution in [0.25, 0.3) is 0 Å². The van der Waals surface area contributed by atoms with Gasteiger partial charge in [0.15, 0.2) is 0 Å². The van der Waals surface area contributed by atoms with Crippen molar-refractivity contribution in [3.63, 3.8) is 0 Å². The summed E-state index contributed by atoms with van der Waals surface area (Å²) in [4.78, 5) is 23.2. The zero-order valence-electron chi connectivity index (χ0n) is 19.4. The van der Waals surface area contributed by atoms with Gasteiger partial charge in [-0.05, 0) is 54.5 Å². The van der Waals surface area contributed by atoms with E-state index in [0.29, 0.717) is 29.1 Å². The Kier molecular flexibility index (Phi) is 7.43. The molecule has 37 heavy (non-hydrogen) atoms. The zero-order valence-corrected chi connectivity index (χ0v) is 24.8. The summed E-state index contributed by atoms with van der Waals surface area (Å²) in [6.07, 6.45) is 2.64. The smallest absolute Gasteiger partial charge is 0.338 e. The standard InChI is InChI=1S/C22H22ClIN4O6S3/c1-2-34-20(29)18-17-10-13(27-37(32,33)14-4-5-14)11-28(17)21(36(30,31)22-25-7-8-35-22)26-19(18)15-6-3-12(24)9-16(15)23/h3,6-9,13-14,19,27H,2,4-5,10-11H2,1H3/t13-,19-/m0/s1. The number of aliphatic imine (C=N–C) groups is 1. The number of nitrogens with zero attached hydrogens (tertiary/aromatic N) is 3. The molecule has 1 saturated carbocycles. The summed E-state index contributed by atoms with van der Waals surface area (Å²) < 4.78 is 61.5. The van der Waals surface area contributed by atoms with Crippen LogP contribution < -0.4 is 4.72 Å². The Hall–Kier alpha value is -1.59. The quantitative estimate of drug-likeness (QED) is 0.345. The molecule has 1 aliphatic carbocycles. The highest BCUT2D eigenvalue weighted by Crippen LogP contribution is 2.43. The number of carbonyl (C=O) groups is 1. The molecule has 1 aromatic carbocycles. The van der Waals surface area contributed by atoms with E-state index in [2.05, 4.69) is 37.3 Å². The summed E-state index contributed by atoms with van der Waals surface area (Å²) in [6.45, 7) is 1.74. The van der Waals surface area contributed by atoms with Gasteiger partial charge >= 0.3 is 5.97 Å². The average Bonchev–Trinajstić information content (AvgIpc) is 3.39. The van der Waals surface area contributed by atoms with Crippen molar-refractivity contribution in [3.8, 4) is 0 Å². The average molecular weight is 697 g/mol. The SMILES string of the molecule is CCOC(=O)C1=C2C[C@H](NS(=O)(=O)C3CC3)CN2C(S(=O)(=O)c2nccs2)=N[C@H]1c1ccc(I)cc1Cl. The van der Waals surface area contributed by atoms with Gasteiger partial charge in [-0.25, -0.2) is 36.3 Å². The minimum absolute atomic E-state index is 0.0131. The first-order valence-corrected chi connectivity index (χ1v) is 16.8. The van der Waals surface area contributed by atoms with Gasteiger partial charge in [0.05, 0.1) is 17.4 Å². The lowest BCUT2D eigenvalue weighted by molar-refractivity contribution is -0.139. The second-order valence-corrected chi connectivity index (χ2v) is 15.3. The van der Waals surface area contributed by atoms with Gasteiger partial charge in [-0.2, -0.15) is 0 Å². The number of rotatable bonds is 7. The summed E-state index contributed by atoms with van der Waals surface area (Å²) in [5, 5.41) is 1.10. The first-order chi connectivity index (χ1) is 17.5. The van der Waals surface area contributed by atoms with E-state index in [1.54, 1.807) is 30.5 Å². The minimum Gasteiger partial charge on any atom is -0.463 e. The van der Waals surface area contributed by atoms with E-state index in [1.807, 2.05) is 0 Å². The molecule has 2 fully saturated rings. The number of hydrogen-bond acceptors (Lipinski definition) is 10. The number of carbonyl (C=O) groups excluding carboxylic acids is 1. The molecule has 5 rings (SSSR count).